The van der Waals surface area contributed by atoms with Gasteiger partial charge in [0.15, 0.2) is 0 Å². The molecule has 0 aliphatic heterocycles. The molecule has 1 atom stereocenters. The Balaban J connectivity index is 1.56. The highest BCUT2D eigenvalue weighted by Gasteiger charge is 2.21. The van der Waals surface area contributed by atoms with Gasteiger partial charge in [0.25, 0.3) is 5.56 Å². The first kappa shape index (κ1) is 19.8. The minimum Gasteiger partial charge on any atom is -0.348 e. The van der Waals surface area contributed by atoms with Crippen LogP contribution in [0.5, 0.6) is 0 Å². The van der Waals surface area contributed by atoms with E-state index in [1.807, 2.05) is 30.3 Å². The Morgan fingerprint density at radius 2 is 1.97 bits per heavy atom. The molecule has 0 fully saturated rings. The van der Waals surface area contributed by atoms with Gasteiger partial charge in [-0.2, -0.15) is 0 Å². The van der Waals surface area contributed by atoms with Crippen LogP contribution in [0.3, 0.4) is 0 Å². The largest absolute Gasteiger partial charge is 0.348 e. The number of nitrogens with zero attached hydrogens (tertiary/aromatic N) is 2. The minimum absolute atomic E-state index is 0.00613. The van der Waals surface area contributed by atoms with Crippen LogP contribution in [0.25, 0.3) is 10.2 Å². The van der Waals surface area contributed by atoms with Crippen molar-refractivity contribution < 1.29 is 4.79 Å². The fraction of sp³-hybridized carbons (Fsp3) is 0.435. The quantitative estimate of drug-likeness (QED) is 0.662. The van der Waals surface area contributed by atoms with Crippen molar-refractivity contribution >= 4 is 27.5 Å². The summed E-state index contributed by atoms with van der Waals surface area (Å²) < 4.78 is 1.46. The van der Waals surface area contributed by atoms with E-state index in [1.165, 1.54) is 22.2 Å². The van der Waals surface area contributed by atoms with Gasteiger partial charge in [-0.25, -0.2) is 4.98 Å². The summed E-state index contributed by atoms with van der Waals surface area (Å²) in [6.07, 6.45) is 6.62. The molecule has 3 aromatic rings. The average molecular weight is 410 g/mol. The Labute approximate surface area is 174 Å². The number of thiophene rings is 1. The third-order valence-electron chi connectivity index (χ3n) is 5.50. The molecule has 2 aromatic heterocycles. The molecular weight excluding hydrogens is 382 g/mol. The van der Waals surface area contributed by atoms with Crippen LogP contribution >= 0.6 is 11.3 Å². The van der Waals surface area contributed by atoms with Gasteiger partial charge >= 0.3 is 0 Å². The van der Waals surface area contributed by atoms with E-state index in [-0.39, 0.29) is 24.1 Å². The SMILES string of the molecule is CC(C)C[C@@H](NC(=O)Cn1cnc2sc3c(c2c1=O)CCCC3)c1ccccc1. The molecule has 5 nitrogen and oxygen atoms in total. The Bertz CT molecular complexity index is 1070. The van der Waals surface area contributed by atoms with Crippen molar-refractivity contribution in [3.63, 3.8) is 0 Å². The number of aryl methyl sites for hydroxylation is 2. The van der Waals surface area contributed by atoms with Crippen molar-refractivity contribution in [2.75, 3.05) is 0 Å². The number of nitrogens with one attached hydrogen (secondary N) is 1. The summed E-state index contributed by atoms with van der Waals surface area (Å²) in [4.78, 5) is 32.5. The van der Waals surface area contributed by atoms with E-state index in [4.69, 9.17) is 0 Å². The molecule has 152 valence electrons. The number of hydrogen-bond donors (Lipinski definition) is 1. The molecule has 1 aromatic carbocycles. The van der Waals surface area contributed by atoms with Crippen LogP contribution < -0.4 is 10.9 Å². The Hall–Kier alpha value is -2.47. The number of amides is 1. The molecule has 0 spiro atoms. The van der Waals surface area contributed by atoms with E-state index in [0.717, 1.165) is 47.0 Å². The molecule has 0 bridgehead atoms. The first-order valence-electron chi connectivity index (χ1n) is 10.4. The first-order valence-corrected chi connectivity index (χ1v) is 11.2. The van der Waals surface area contributed by atoms with Crippen molar-refractivity contribution in [2.45, 2.75) is 58.5 Å². The van der Waals surface area contributed by atoms with E-state index in [9.17, 15) is 9.59 Å². The second-order valence-corrected chi connectivity index (χ2v) is 9.31. The summed E-state index contributed by atoms with van der Waals surface area (Å²) in [5.74, 6) is 0.283. The van der Waals surface area contributed by atoms with Gasteiger partial charge in [0.2, 0.25) is 5.91 Å². The van der Waals surface area contributed by atoms with E-state index in [1.54, 1.807) is 11.3 Å². The molecule has 0 radical (unpaired) electrons. The molecule has 2 heterocycles. The van der Waals surface area contributed by atoms with Crippen molar-refractivity contribution in [3.05, 3.63) is 63.0 Å². The van der Waals surface area contributed by atoms with Crippen LogP contribution in [-0.2, 0) is 24.2 Å². The van der Waals surface area contributed by atoms with Gasteiger partial charge in [0.05, 0.1) is 17.8 Å². The van der Waals surface area contributed by atoms with E-state index >= 15 is 0 Å². The molecule has 0 unspecified atom stereocenters. The van der Waals surface area contributed by atoms with Crippen LogP contribution in [0, 0.1) is 5.92 Å². The fourth-order valence-corrected chi connectivity index (χ4v) is 5.34. The normalized spacial score (nSPS) is 14.7. The van der Waals surface area contributed by atoms with Crippen molar-refractivity contribution in [1.82, 2.24) is 14.9 Å². The molecule has 1 N–H and O–H groups in total. The van der Waals surface area contributed by atoms with Crippen LogP contribution in [0.4, 0.5) is 0 Å². The minimum atomic E-state index is -0.160. The van der Waals surface area contributed by atoms with Crippen LogP contribution in [-0.4, -0.2) is 15.5 Å². The maximum absolute atomic E-state index is 13.1. The molecule has 0 saturated heterocycles. The van der Waals surface area contributed by atoms with Crippen LogP contribution in [0.2, 0.25) is 0 Å². The summed E-state index contributed by atoms with van der Waals surface area (Å²) in [6, 6.07) is 9.94. The zero-order chi connectivity index (χ0) is 20.4. The number of benzene rings is 1. The zero-order valence-corrected chi connectivity index (χ0v) is 17.8. The lowest BCUT2D eigenvalue weighted by Gasteiger charge is -2.21. The van der Waals surface area contributed by atoms with Crippen molar-refractivity contribution in [3.8, 4) is 0 Å². The van der Waals surface area contributed by atoms with E-state index in [0.29, 0.717) is 5.92 Å². The summed E-state index contributed by atoms with van der Waals surface area (Å²) in [5, 5.41) is 3.84. The predicted octanol–water partition coefficient (Wildman–Crippen LogP) is 4.24. The lowest BCUT2D eigenvalue weighted by molar-refractivity contribution is -0.122. The smallest absolute Gasteiger partial charge is 0.262 e. The van der Waals surface area contributed by atoms with Gasteiger partial charge in [-0.1, -0.05) is 44.2 Å². The summed E-state index contributed by atoms with van der Waals surface area (Å²) in [7, 11) is 0. The molecule has 6 heteroatoms. The van der Waals surface area contributed by atoms with Gasteiger partial charge in [-0.3, -0.25) is 14.2 Å². The van der Waals surface area contributed by atoms with Crippen LogP contribution in [0.15, 0.2) is 41.5 Å². The molecule has 0 saturated carbocycles. The van der Waals surface area contributed by atoms with Crippen LogP contribution in [0.1, 0.15) is 55.2 Å². The summed E-state index contributed by atoms with van der Waals surface area (Å²) >= 11 is 1.63. The van der Waals surface area contributed by atoms with E-state index in [2.05, 4.69) is 24.1 Å². The summed E-state index contributed by atoms with van der Waals surface area (Å²) in [5.41, 5.74) is 2.15. The number of aromatic nitrogens is 2. The maximum atomic E-state index is 13.1. The predicted molar refractivity (Wildman–Crippen MR) is 117 cm³/mol. The number of fused-ring (bicyclic) bond motifs is 3. The highest BCUT2D eigenvalue weighted by Crippen LogP contribution is 2.33. The fourth-order valence-electron chi connectivity index (χ4n) is 4.12. The molecule has 1 amide bonds. The van der Waals surface area contributed by atoms with Gasteiger partial charge in [0, 0.05) is 4.88 Å². The highest BCUT2D eigenvalue weighted by molar-refractivity contribution is 7.18. The number of hydrogen-bond acceptors (Lipinski definition) is 4. The number of rotatable bonds is 6. The Morgan fingerprint density at radius 3 is 2.72 bits per heavy atom. The molecular formula is C23H27N3O2S. The lowest BCUT2D eigenvalue weighted by Crippen LogP contribution is -2.35. The standard InChI is InChI=1S/C23H27N3O2S/c1-15(2)12-18(16-8-4-3-5-9-16)25-20(27)13-26-14-24-22-21(23(26)28)17-10-6-7-11-19(17)29-22/h3-5,8-9,14-15,18H,6-7,10-13H2,1-2H3,(H,25,27)/t18-/m1/s1. The Kier molecular flexibility index (Phi) is 5.81. The third-order valence-corrected chi connectivity index (χ3v) is 6.70. The van der Waals surface area contributed by atoms with Gasteiger partial charge < -0.3 is 5.32 Å². The second-order valence-electron chi connectivity index (χ2n) is 8.23. The summed E-state index contributed by atoms with van der Waals surface area (Å²) in [6.45, 7) is 4.28. The lowest BCUT2D eigenvalue weighted by atomic mass is 9.97. The Morgan fingerprint density at radius 1 is 1.21 bits per heavy atom. The van der Waals surface area contributed by atoms with E-state index < -0.39 is 0 Å². The molecule has 29 heavy (non-hydrogen) atoms. The number of carbonyl (C=O) groups is 1. The average Bonchev–Trinajstić information content (AvgIpc) is 3.09. The van der Waals surface area contributed by atoms with Gasteiger partial charge in [0.1, 0.15) is 11.4 Å². The van der Waals surface area contributed by atoms with Crippen molar-refractivity contribution in [1.29, 1.82) is 0 Å². The van der Waals surface area contributed by atoms with Gasteiger partial charge in [-0.05, 0) is 49.1 Å². The molecule has 4 rings (SSSR count). The third kappa shape index (κ3) is 4.27. The first-order chi connectivity index (χ1) is 14.0. The van der Waals surface area contributed by atoms with Gasteiger partial charge in [-0.15, -0.1) is 11.3 Å². The molecule has 1 aliphatic rings. The highest BCUT2D eigenvalue weighted by atomic mass is 32.1. The zero-order valence-electron chi connectivity index (χ0n) is 17.0. The monoisotopic (exact) mass is 409 g/mol. The van der Waals surface area contributed by atoms with Crippen molar-refractivity contribution in [2.24, 2.45) is 5.92 Å². The molecule has 1 aliphatic carbocycles. The number of carbonyl (C=O) groups excluding carboxylic acids is 1. The second kappa shape index (κ2) is 8.49. The topological polar surface area (TPSA) is 64.0 Å². The maximum Gasteiger partial charge on any atom is 0.262 e.